The Morgan fingerprint density at radius 1 is 1.70 bits per heavy atom. The summed E-state index contributed by atoms with van der Waals surface area (Å²) in [7, 11) is 0. The lowest BCUT2D eigenvalue weighted by molar-refractivity contribution is 0.230. The maximum Gasteiger partial charge on any atom is 0.211 e. The third kappa shape index (κ3) is 0.781. The van der Waals surface area contributed by atoms with Gasteiger partial charge in [-0.05, 0) is 6.92 Å². The van der Waals surface area contributed by atoms with E-state index in [4.69, 9.17) is 4.74 Å². The van der Waals surface area contributed by atoms with Crippen molar-refractivity contribution in [3.63, 3.8) is 0 Å². The van der Waals surface area contributed by atoms with Crippen LogP contribution in [0.2, 0.25) is 0 Å². The third-order valence-corrected chi connectivity index (χ3v) is 1.63. The molecule has 54 valence electrons. The van der Waals surface area contributed by atoms with Gasteiger partial charge in [0.25, 0.3) is 0 Å². The number of ether oxygens (including phenoxy) is 1. The molecule has 0 N–H and O–H groups in total. The highest BCUT2D eigenvalue weighted by Gasteiger charge is 2.10. The maximum atomic E-state index is 5.34. The highest BCUT2D eigenvalue weighted by molar-refractivity contribution is 5.15. The first-order chi connectivity index (χ1) is 4.86. The van der Waals surface area contributed by atoms with E-state index in [1.807, 2.05) is 17.7 Å². The number of fused-ring (bicyclic) bond motifs is 1. The average molecular weight is 138 g/mol. The Balaban J connectivity index is 2.41. The maximum absolute atomic E-state index is 5.34. The van der Waals surface area contributed by atoms with Crippen LogP contribution < -0.4 is 4.74 Å². The average Bonchev–Trinajstić information content (AvgIpc) is 2.27. The quantitative estimate of drug-likeness (QED) is 0.534. The lowest BCUT2D eigenvalue weighted by Gasteiger charge is -2.13. The van der Waals surface area contributed by atoms with Crippen molar-refractivity contribution < 1.29 is 4.74 Å². The topological polar surface area (TPSA) is 27.1 Å². The molecule has 0 unspecified atom stereocenters. The Hall–Kier alpha value is -0.990. The molecule has 3 nitrogen and oxygen atoms in total. The summed E-state index contributed by atoms with van der Waals surface area (Å²) in [5, 5.41) is 4.24. The molecule has 0 spiro atoms. The van der Waals surface area contributed by atoms with Gasteiger partial charge in [0.05, 0.1) is 12.3 Å². The van der Waals surface area contributed by atoms with E-state index in [9.17, 15) is 0 Å². The Morgan fingerprint density at radius 3 is 3.40 bits per heavy atom. The smallest absolute Gasteiger partial charge is 0.211 e. The second kappa shape index (κ2) is 2.01. The highest BCUT2D eigenvalue weighted by Crippen LogP contribution is 2.17. The number of hydrogen-bond donors (Lipinski definition) is 0. The third-order valence-electron chi connectivity index (χ3n) is 1.63. The van der Waals surface area contributed by atoms with Crippen LogP contribution in [0, 0.1) is 6.92 Å². The summed E-state index contributed by atoms with van der Waals surface area (Å²) in [4.78, 5) is 0. The molecule has 0 aromatic carbocycles. The summed E-state index contributed by atoms with van der Waals surface area (Å²) in [6.07, 6.45) is 1.08. The van der Waals surface area contributed by atoms with Crippen LogP contribution in [0.5, 0.6) is 5.88 Å². The van der Waals surface area contributed by atoms with Gasteiger partial charge in [-0.2, -0.15) is 5.10 Å². The fourth-order valence-corrected chi connectivity index (χ4v) is 1.19. The predicted molar refractivity (Wildman–Crippen MR) is 37.1 cm³/mol. The Morgan fingerprint density at radius 2 is 2.60 bits per heavy atom. The second-order valence-corrected chi connectivity index (χ2v) is 2.55. The van der Waals surface area contributed by atoms with Crippen LogP contribution >= 0.6 is 0 Å². The van der Waals surface area contributed by atoms with Crippen LogP contribution in [0.4, 0.5) is 0 Å². The Kier molecular flexibility index (Phi) is 1.16. The van der Waals surface area contributed by atoms with Crippen molar-refractivity contribution >= 4 is 0 Å². The zero-order valence-corrected chi connectivity index (χ0v) is 6.00. The molecular weight excluding hydrogens is 128 g/mol. The van der Waals surface area contributed by atoms with Crippen molar-refractivity contribution in [2.24, 2.45) is 0 Å². The van der Waals surface area contributed by atoms with Gasteiger partial charge >= 0.3 is 0 Å². The molecule has 2 rings (SSSR count). The molecule has 0 saturated carbocycles. The van der Waals surface area contributed by atoms with Gasteiger partial charge in [0.2, 0.25) is 5.88 Å². The summed E-state index contributed by atoms with van der Waals surface area (Å²) in [6.45, 7) is 3.82. The largest absolute Gasteiger partial charge is 0.478 e. The molecule has 1 aromatic rings. The molecule has 3 heteroatoms. The lowest BCUT2D eigenvalue weighted by Crippen LogP contribution is -2.14. The van der Waals surface area contributed by atoms with Gasteiger partial charge in [-0.1, -0.05) is 0 Å². The first-order valence-electron chi connectivity index (χ1n) is 3.53. The van der Waals surface area contributed by atoms with E-state index in [0.29, 0.717) is 0 Å². The van der Waals surface area contributed by atoms with E-state index in [-0.39, 0.29) is 0 Å². The predicted octanol–water partition coefficient (Wildman–Crippen LogP) is 0.974. The van der Waals surface area contributed by atoms with Crippen molar-refractivity contribution in [3.05, 3.63) is 11.8 Å². The zero-order chi connectivity index (χ0) is 6.97. The number of aromatic nitrogens is 2. The summed E-state index contributed by atoms with van der Waals surface area (Å²) >= 11 is 0. The summed E-state index contributed by atoms with van der Waals surface area (Å²) in [6, 6.07) is 1.97. The van der Waals surface area contributed by atoms with Crippen LogP contribution in [0.3, 0.4) is 0 Å². The molecule has 0 radical (unpaired) electrons. The summed E-state index contributed by atoms with van der Waals surface area (Å²) in [5.74, 6) is 0.920. The molecule has 0 atom stereocenters. The molecule has 0 amide bonds. The highest BCUT2D eigenvalue weighted by atomic mass is 16.5. The van der Waals surface area contributed by atoms with Crippen molar-refractivity contribution in [1.29, 1.82) is 0 Å². The second-order valence-electron chi connectivity index (χ2n) is 2.55. The minimum Gasteiger partial charge on any atom is -0.478 e. The molecule has 1 aromatic heterocycles. The molecular formula is C7H10N2O. The van der Waals surface area contributed by atoms with Crippen LogP contribution in [0.1, 0.15) is 12.1 Å². The molecule has 10 heavy (non-hydrogen) atoms. The van der Waals surface area contributed by atoms with E-state index < -0.39 is 0 Å². The fraction of sp³-hybridized carbons (Fsp3) is 0.571. The van der Waals surface area contributed by atoms with Crippen molar-refractivity contribution in [3.8, 4) is 5.88 Å². The van der Waals surface area contributed by atoms with Gasteiger partial charge < -0.3 is 4.74 Å². The first-order valence-corrected chi connectivity index (χ1v) is 3.53. The minimum absolute atomic E-state index is 0.838. The van der Waals surface area contributed by atoms with Gasteiger partial charge in [-0.25, -0.2) is 4.68 Å². The first kappa shape index (κ1) is 5.77. The molecule has 2 heterocycles. The van der Waals surface area contributed by atoms with Gasteiger partial charge in [-0.3, -0.25) is 0 Å². The van der Waals surface area contributed by atoms with Crippen molar-refractivity contribution in [1.82, 2.24) is 9.78 Å². The van der Waals surface area contributed by atoms with Crippen LogP contribution in [-0.2, 0) is 6.54 Å². The van der Waals surface area contributed by atoms with Crippen molar-refractivity contribution in [2.75, 3.05) is 6.61 Å². The molecule has 1 aliphatic heterocycles. The number of nitrogens with zero attached hydrogens (tertiary/aromatic N) is 2. The summed E-state index contributed by atoms with van der Waals surface area (Å²) in [5.41, 5.74) is 1.04. The normalized spacial score (nSPS) is 16.1. The monoisotopic (exact) mass is 138 g/mol. The fourth-order valence-electron chi connectivity index (χ4n) is 1.19. The standard InChI is InChI=1S/C7H10N2O/c1-6-5-7-9(8-6)3-2-4-10-7/h5H,2-4H2,1H3. The number of rotatable bonds is 0. The molecule has 0 fully saturated rings. The van der Waals surface area contributed by atoms with Gasteiger partial charge in [0, 0.05) is 19.0 Å². The SMILES string of the molecule is Cc1cc2n(n1)CCCO2. The molecule has 0 saturated heterocycles. The molecule has 1 aliphatic rings. The van der Waals surface area contributed by atoms with E-state index in [2.05, 4.69) is 5.10 Å². The lowest BCUT2D eigenvalue weighted by atomic mass is 10.4. The Labute approximate surface area is 59.6 Å². The van der Waals surface area contributed by atoms with E-state index in [1.165, 1.54) is 0 Å². The van der Waals surface area contributed by atoms with Crippen LogP contribution in [0.15, 0.2) is 6.07 Å². The van der Waals surface area contributed by atoms with E-state index in [1.54, 1.807) is 0 Å². The van der Waals surface area contributed by atoms with Gasteiger partial charge in [0.15, 0.2) is 0 Å². The zero-order valence-electron chi connectivity index (χ0n) is 6.00. The summed E-state index contributed by atoms with van der Waals surface area (Å²) < 4.78 is 7.26. The van der Waals surface area contributed by atoms with E-state index in [0.717, 1.165) is 31.1 Å². The van der Waals surface area contributed by atoms with E-state index >= 15 is 0 Å². The minimum atomic E-state index is 0.838. The van der Waals surface area contributed by atoms with Gasteiger partial charge in [0.1, 0.15) is 0 Å². The van der Waals surface area contributed by atoms with Crippen LogP contribution in [-0.4, -0.2) is 16.4 Å². The van der Waals surface area contributed by atoms with Crippen molar-refractivity contribution in [2.45, 2.75) is 19.9 Å². The van der Waals surface area contributed by atoms with Gasteiger partial charge in [-0.15, -0.1) is 0 Å². The molecule has 0 aliphatic carbocycles. The van der Waals surface area contributed by atoms with Crippen LogP contribution in [0.25, 0.3) is 0 Å². The number of hydrogen-bond acceptors (Lipinski definition) is 2. The molecule has 0 bridgehead atoms. The Bertz CT molecular complexity index is 218. The number of aryl methyl sites for hydroxylation is 2.